The average molecular weight is 432 g/mol. The van der Waals surface area contributed by atoms with E-state index in [0.29, 0.717) is 22.5 Å². The summed E-state index contributed by atoms with van der Waals surface area (Å²) in [6, 6.07) is 3.51. The minimum absolute atomic E-state index is 0.0726. The van der Waals surface area contributed by atoms with Crippen LogP contribution in [0.4, 0.5) is 14.5 Å². The number of hydrogen-bond acceptors (Lipinski definition) is 5. The van der Waals surface area contributed by atoms with Crippen LogP contribution in [-0.2, 0) is 10.1 Å². The van der Waals surface area contributed by atoms with Crippen LogP contribution in [0.5, 0.6) is 0 Å². The summed E-state index contributed by atoms with van der Waals surface area (Å²) >= 11 is 5.83. The van der Waals surface area contributed by atoms with Crippen LogP contribution in [-0.4, -0.2) is 34.5 Å². The number of carbonyl (C=O) groups excluding carboxylic acids is 1. The number of nitrogen functional groups attached to an aromatic ring is 1. The predicted molar refractivity (Wildman–Crippen MR) is 102 cm³/mol. The number of carbonyl (C=O) groups is 1. The number of nitrogens with two attached hydrogens (primary N) is 1. The number of aromatic amines is 1. The van der Waals surface area contributed by atoms with Crippen molar-refractivity contribution in [1.29, 1.82) is 0 Å². The highest BCUT2D eigenvalue weighted by molar-refractivity contribution is 7.85. The molecule has 2 heterocycles. The zero-order valence-corrected chi connectivity index (χ0v) is 16.1. The van der Waals surface area contributed by atoms with Gasteiger partial charge in [0.05, 0.1) is 22.0 Å². The van der Waals surface area contributed by atoms with E-state index in [2.05, 4.69) is 9.97 Å². The summed E-state index contributed by atoms with van der Waals surface area (Å²) in [7, 11) is -3.67. The van der Waals surface area contributed by atoms with Crippen LogP contribution in [0.1, 0.15) is 29.3 Å². The lowest BCUT2D eigenvalue weighted by Crippen LogP contribution is -2.09. The number of aromatic nitrogens is 2. The SMILES string of the molecule is CCCS(=O)(=O)O.Nc1ccc(F)c(C(=O)c2c[nH]c3ncc(Cl)cc23)c1F. The minimum atomic E-state index is -3.67. The maximum absolute atomic E-state index is 13.9. The van der Waals surface area contributed by atoms with E-state index in [1.807, 2.05) is 0 Å². The van der Waals surface area contributed by atoms with Crippen molar-refractivity contribution in [2.24, 2.45) is 0 Å². The molecule has 0 radical (unpaired) electrons. The molecule has 0 unspecified atom stereocenters. The van der Waals surface area contributed by atoms with Gasteiger partial charge in [0.2, 0.25) is 5.78 Å². The molecule has 0 atom stereocenters. The Hall–Kier alpha value is -2.56. The predicted octanol–water partition coefficient (Wildman–Crippen LogP) is 3.59. The first-order chi connectivity index (χ1) is 13.0. The van der Waals surface area contributed by atoms with Gasteiger partial charge in [0.1, 0.15) is 11.5 Å². The van der Waals surface area contributed by atoms with Gasteiger partial charge in [0, 0.05) is 23.3 Å². The molecular formula is C17H16ClF2N3O4S. The Morgan fingerprint density at radius 3 is 2.61 bits per heavy atom. The van der Waals surface area contributed by atoms with E-state index < -0.39 is 33.1 Å². The third kappa shape index (κ3) is 5.03. The van der Waals surface area contributed by atoms with Gasteiger partial charge >= 0.3 is 0 Å². The average Bonchev–Trinajstić information content (AvgIpc) is 3.01. The highest BCUT2D eigenvalue weighted by Crippen LogP contribution is 2.26. The van der Waals surface area contributed by atoms with Crippen molar-refractivity contribution < 1.29 is 26.5 Å². The summed E-state index contributed by atoms with van der Waals surface area (Å²) in [5.74, 6) is -3.01. The molecule has 0 spiro atoms. The van der Waals surface area contributed by atoms with Crippen LogP contribution in [0.2, 0.25) is 5.02 Å². The first-order valence-electron chi connectivity index (χ1n) is 7.91. The van der Waals surface area contributed by atoms with E-state index in [1.54, 1.807) is 6.92 Å². The molecule has 0 amide bonds. The molecule has 0 aliphatic rings. The molecule has 3 rings (SSSR count). The number of rotatable bonds is 4. The molecule has 0 bridgehead atoms. The third-order valence-electron chi connectivity index (χ3n) is 3.55. The van der Waals surface area contributed by atoms with Gasteiger partial charge in [-0.25, -0.2) is 13.8 Å². The second-order valence-corrected chi connectivity index (χ2v) is 7.70. The highest BCUT2D eigenvalue weighted by atomic mass is 35.5. The van der Waals surface area contributed by atoms with E-state index in [-0.39, 0.29) is 17.0 Å². The lowest BCUT2D eigenvalue weighted by Gasteiger charge is -2.05. The first kappa shape index (κ1) is 21.7. The molecule has 2 aromatic heterocycles. The van der Waals surface area contributed by atoms with E-state index >= 15 is 0 Å². The molecule has 7 nitrogen and oxygen atoms in total. The number of hydrogen-bond donors (Lipinski definition) is 3. The zero-order chi connectivity index (χ0) is 21.1. The summed E-state index contributed by atoms with van der Waals surface area (Å²) in [6.45, 7) is 1.69. The maximum atomic E-state index is 13.9. The van der Waals surface area contributed by atoms with E-state index in [0.717, 1.165) is 12.1 Å². The van der Waals surface area contributed by atoms with Crippen LogP contribution in [0.3, 0.4) is 0 Å². The van der Waals surface area contributed by atoms with Gasteiger partial charge in [-0.3, -0.25) is 9.35 Å². The van der Waals surface area contributed by atoms with Crippen molar-refractivity contribution in [3.8, 4) is 0 Å². The van der Waals surface area contributed by atoms with Crippen LogP contribution in [0.25, 0.3) is 11.0 Å². The van der Waals surface area contributed by atoms with Crippen LogP contribution < -0.4 is 5.73 Å². The monoisotopic (exact) mass is 431 g/mol. The van der Waals surface area contributed by atoms with Crippen molar-refractivity contribution in [3.05, 3.63) is 58.4 Å². The number of nitrogens with one attached hydrogen (secondary N) is 1. The summed E-state index contributed by atoms with van der Waals surface area (Å²) < 4.78 is 55.3. The van der Waals surface area contributed by atoms with Gasteiger partial charge in [0.15, 0.2) is 5.82 Å². The van der Waals surface area contributed by atoms with E-state index in [4.69, 9.17) is 21.9 Å². The van der Waals surface area contributed by atoms with E-state index in [1.165, 1.54) is 18.5 Å². The largest absolute Gasteiger partial charge is 0.396 e. The Morgan fingerprint density at radius 2 is 2.04 bits per heavy atom. The molecule has 150 valence electrons. The Bertz CT molecular complexity index is 1130. The molecule has 28 heavy (non-hydrogen) atoms. The van der Waals surface area contributed by atoms with Gasteiger partial charge in [-0.05, 0) is 24.6 Å². The normalized spacial score (nSPS) is 11.2. The van der Waals surface area contributed by atoms with Gasteiger partial charge in [0.25, 0.3) is 10.1 Å². The smallest absolute Gasteiger partial charge is 0.264 e. The van der Waals surface area contributed by atoms with Crippen molar-refractivity contribution in [2.45, 2.75) is 13.3 Å². The standard InChI is InChI=1S/C14H8ClF2N3O.C3H8O3S/c15-6-3-7-8(5-20-14(7)19-4-6)13(21)11-9(16)1-2-10(18)12(11)17;1-2-3-7(4,5)6/h1-5H,18H2,(H,19,20);2-3H2,1H3,(H,4,5,6). The molecule has 0 saturated carbocycles. The number of benzene rings is 1. The number of ketones is 1. The Morgan fingerprint density at radius 1 is 1.36 bits per heavy atom. The fraction of sp³-hybridized carbons (Fsp3) is 0.176. The molecule has 0 fully saturated rings. The van der Waals surface area contributed by atoms with Crippen molar-refractivity contribution in [3.63, 3.8) is 0 Å². The Kier molecular flexibility index (Phi) is 6.70. The topological polar surface area (TPSA) is 126 Å². The lowest BCUT2D eigenvalue weighted by atomic mass is 10.0. The molecular weight excluding hydrogens is 416 g/mol. The summed E-state index contributed by atoms with van der Waals surface area (Å²) in [5, 5.41) is 0.693. The molecule has 0 aliphatic heterocycles. The summed E-state index contributed by atoms with van der Waals surface area (Å²) in [6.07, 6.45) is 3.20. The van der Waals surface area contributed by atoms with Crippen molar-refractivity contribution >= 4 is 44.2 Å². The fourth-order valence-electron chi connectivity index (χ4n) is 2.34. The number of fused-ring (bicyclic) bond motifs is 1. The van der Waals surface area contributed by atoms with Crippen LogP contribution in [0, 0.1) is 11.6 Å². The number of nitrogens with zero attached hydrogens (tertiary/aromatic N) is 1. The maximum Gasteiger partial charge on any atom is 0.264 e. The Balaban J connectivity index is 0.000000345. The minimum Gasteiger partial charge on any atom is -0.396 e. The van der Waals surface area contributed by atoms with Crippen LogP contribution in [0.15, 0.2) is 30.6 Å². The van der Waals surface area contributed by atoms with Gasteiger partial charge in [-0.2, -0.15) is 8.42 Å². The highest BCUT2D eigenvalue weighted by Gasteiger charge is 2.23. The van der Waals surface area contributed by atoms with E-state index in [9.17, 15) is 22.0 Å². The molecule has 0 aliphatic carbocycles. The second-order valence-electron chi connectivity index (χ2n) is 5.69. The van der Waals surface area contributed by atoms with Crippen molar-refractivity contribution in [1.82, 2.24) is 9.97 Å². The number of pyridine rings is 1. The number of anilines is 1. The first-order valence-corrected chi connectivity index (χ1v) is 9.89. The third-order valence-corrected chi connectivity index (χ3v) is 4.68. The second kappa shape index (κ2) is 8.63. The molecule has 4 N–H and O–H groups in total. The summed E-state index contributed by atoms with van der Waals surface area (Å²) in [5.41, 5.74) is 4.86. The van der Waals surface area contributed by atoms with Crippen LogP contribution >= 0.6 is 11.6 Å². The molecule has 1 aromatic carbocycles. The van der Waals surface area contributed by atoms with Gasteiger partial charge < -0.3 is 10.7 Å². The number of H-pyrrole nitrogens is 1. The Labute approximate surface area is 164 Å². The molecule has 11 heteroatoms. The molecule has 0 saturated heterocycles. The quantitative estimate of drug-likeness (QED) is 0.329. The van der Waals surface area contributed by atoms with Gasteiger partial charge in [-0.15, -0.1) is 0 Å². The molecule has 3 aromatic rings. The lowest BCUT2D eigenvalue weighted by molar-refractivity contribution is 0.103. The van der Waals surface area contributed by atoms with Gasteiger partial charge in [-0.1, -0.05) is 18.5 Å². The number of halogens is 3. The summed E-state index contributed by atoms with van der Waals surface area (Å²) in [4.78, 5) is 19.1. The fourth-order valence-corrected chi connectivity index (χ4v) is 3.01. The van der Waals surface area contributed by atoms with Crippen molar-refractivity contribution in [2.75, 3.05) is 11.5 Å². The zero-order valence-electron chi connectivity index (χ0n) is 14.5.